The van der Waals surface area contributed by atoms with Gasteiger partial charge in [-0.1, -0.05) is 25.1 Å². The summed E-state index contributed by atoms with van der Waals surface area (Å²) in [7, 11) is -1.45. The summed E-state index contributed by atoms with van der Waals surface area (Å²) in [6, 6.07) is 7.28. The predicted molar refractivity (Wildman–Crippen MR) is 73.7 cm³/mol. The van der Waals surface area contributed by atoms with E-state index in [-0.39, 0.29) is 11.8 Å². The van der Waals surface area contributed by atoms with Gasteiger partial charge < -0.3 is 10.1 Å². The number of benzene rings is 1. The van der Waals surface area contributed by atoms with Crippen LogP contribution in [0.2, 0.25) is 0 Å². The number of ether oxygens (including phenoxy) is 1. The van der Waals surface area contributed by atoms with E-state index in [9.17, 15) is 8.42 Å². The van der Waals surface area contributed by atoms with Crippen LogP contribution in [0, 0.1) is 0 Å². The molecule has 0 aliphatic heterocycles. The normalized spacial score (nSPS) is 13.3. The molecule has 0 saturated heterocycles. The number of nitrogens with one attached hydrogen (secondary N) is 1. The minimum Gasteiger partial charge on any atom is -0.496 e. The van der Waals surface area contributed by atoms with Gasteiger partial charge in [-0.3, -0.25) is 0 Å². The molecule has 102 valence electrons. The van der Waals surface area contributed by atoms with E-state index in [2.05, 4.69) is 5.32 Å². The van der Waals surface area contributed by atoms with Crippen LogP contribution in [0.3, 0.4) is 0 Å². The molecule has 0 fully saturated rings. The van der Waals surface area contributed by atoms with Crippen molar-refractivity contribution in [2.24, 2.45) is 0 Å². The molecule has 0 amide bonds. The van der Waals surface area contributed by atoms with E-state index in [1.165, 1.54) is 6.26 Å². The molecule has 1 aromatic carbocycles. The number of rotatable bonds is 7. The molecule has 1 rings (SSSR count). The molecule has 1 aromatic rings. The van der Waals surface area contributed by atoms with Gasteiger partial charge in [-0.15, -0.1) is 0 Å². The quantitative estimate of drug-likeness (QED) is 0.821. The zero-order valence-electron chi connectivity index (χ0n) is 11.1. The van der Waals surface area contributed by atoms with Crippen molar-refractivity contribution in [3.05, 3.63) is 29.8 Å². The third-order valence-corrected chi connectivity index (χ3v) is 3.56. The highest BCUT2D eigenvalue weighted by atomic mass is 32.2. The maximum Gasteiger partial charge on any atom is 0.149 e. The molecule has 1 N–H and O–H groups in total. The zero-order valence-corrected chi connectivity index (χ0v) is 12.0. The highest BCUT2D eigenvalue weighted by Gasteiger charge is 2.19. The Labute approximate surface area is 109 Å². The topological polar surface area (TPSA) is 55.4 Å². The number of para-hydroxylation sites is 1. The van der Waals surface area contributed by atoms with Crippen LogP contribution in [0.15, 0.2) is 24.3 Å². The largest absolute Gasteiger partial charge is 0.496 e. The second-order valence-corrected chi connectivity index (χ2v) is 6.53. The van der Waals surface area contributed by atoms with Gasteiger partial charge in [0, 0.05) is 17.9 Å². The summed E-state index contributed by atoms with van der Waals surface area (Å²) < 4.78 is 28.3. The van der Waals surface area contributed by atoms with Crippen molar-refractivity contribution >= 4 is 9.84 Å². The van der Waals surface area contributed by atoms with Crippen molar-refractivity contribution in [3.63, 3.8) is 0 Å². The fourth-order valence-corrected chi connectivity index (χ4v) is 2.74. The lowest BCUT2D eigenvalue weighted by atomic mass is 10.1. The SMILES string of the molecule is CCCNC(CS(C)(=O)=O)c1ccccc1OC. The summed E-state index contributed by atoms with van der Waals surface area (Å²) in [4.78, 5) is 0. The van der Waals surface area contributed by atoms with Gasteiger partial charge >= 0.3 is 0 Å². The summed E-state index contributed by atoms with van der Waals surface area (Å²) in [5.41, 5.74) is 0.888. The lowest BCUT2D eigenvalue weighted by Gasteiger charge is -2.20. The third-order valence-electron chi connectivity index (χ3n) is 2.62. The number of hydrogen-bond acceptors (Lipinski definition) is 4. The highest BCUT2D eigenvalue weighted by Crippen LogP contribution is 2.25. The van der Waals surface area contributed by atoms with Gasteiger partial charge in [-0.05, 0) is 19.0 Å². The molecular weight excluding hydrogens is 250 g/mol. The molecule has 0 spiro atoms. The van der Waals surface area contributed by atoms with E-state index in [1.807, 2.05) is 31.2 Å². The van der Waals surface area contributed by atoms with Gasteiger partial charge in [-0.2, -0.15) is 0 Å². The second-order valence-electron chi connectivity index (χ2n) is 4.34. The first-order valence-electron chi connectivity index (χ1n) is 6.02. The monoisotopic (exact) mass is 271 g/mol. The van der Waals surface area contributed by atoms with Gasteiger partial charge in [0.15, 0.2) is 0 Å². The first-order valence-corrected chi connectivity index (χ1v) is 8.08. The molecule has 0 radical (unpaired) electrons. The molecule has 18 heavy (non-hydrogen) atoms. The summed E-state index contributed by atoms with van der Waals surface area (Å²) >= 11 is 0. The summed E-state index contributed by atoms with van der Waals surface area (Å²) in [5, 5.41) is 3.26. The standard InChI is InChI=1S/C13H21NO3S/c1-4-9-14-12(10-18(3,15)16)11-7-5-6-8-13(11)17-2/h5-8,12,14H,4,9-10H2,1-3H3. The lowest BCUT2D eigenvalue weighted by Crippen LogP contribution is -2.28. The summed E-state index contributed by atoms with van der Waals surface area (Å²) in [6.45, 7) is 2.82. The minimum atomic E-state index is -3.04. The van der Waals surface area contributed by atoms with E-state index in [1.54, 1.807) is 7.11 Å². The molecule has 4 nitrogen and oxygen atoms in total. The van der Waals surface area contributed by atoms with Crippen LogP contribution >= 0.6 is 0 Å². The van der Waals surface area contributed by atoms with Gasteiger partial charge in [0.05, 0.1) is 12.9 Å². The van der Waals surface area contributed by atoms with Crippen molar-refractivity contribution < 1.29 is 13.2 Å². The predicted octanol–water partition coefficient (Wildman–Crippen LogP) is 1.78. The second kappa shape index (κ2) is 6.75. The molecule has 0 bridgehead atoms. The molecule has 0 heterocycles. The van der Waals surface area contributed by atoms with E-state index >= 15 is 0 Å². The number of hydrogen-bond donors (Lipinski definition) is 1. The number of methoxy groups -OCH3 is 1. The molecule has 0 saturated carbocycles. The van der Waals surface area contributed by atoms with Crippen LogP contribution in [0.1, 0.15) is 24.9 Å². The average Bonchev–Trinajstić information content (AvgIpc) is 2.33. The molecule has 1 atom stereocenters. The fourth-order valence-electron chi connectivity index (χ4n) is 1.83. The zero-order chi connectivity index (χ0) is 13.6. The lowest BCUT2D eigenvalue weighted by molar-refractivity contribution is 0.401. The molecule has 0 aliphatic carbocycles. The minimum absolute atomic E-state index is 0.0768. The molecule has 1 unspecified atom stereocenters. The maximum absolute atomic E-state index is 11.5. The van der Waals surface area contributed by atoms with Crippen LogP contribution in [0.25, 0.3) is 0 Å². The Balaban J connectivity index is 3.00. The van der Waals surface area contributed by atoms with Crippen molar-refractivity contribution in [1.82, 2.24) is 5.32 Å². The van der Waals surface area contributed by atoms with E-state index < -0.39 is 9.84 Å². The Hall–Kier alpha value is -1.07. The van der Waals surface area contributed by atoms with Crippen molar-refractivity contribution in [2.75, 3.05) is 25.7 Å². The molecular formula is C13H21NO3S. The highest BCUT2D eigenvalue weighted by molar-refractivity contribution is 7.90. The van der Waals surface area contributed by atoms with Gasteiger partial charge in [-0.25, -0.2) is 8.42 Å². The first-order chi connectivity index (χ1) is 8.48. The van der Waals surface area contributed by atoms with Gasteiger partial charge in [0.1, 0.15) is 15.6 Å². The van der Waals surface area contributed by atoms with Crippen LogP contribution in [-0.2, 0) is 9.84 Å². The number of sulfone groups is 1. The van der Waals surface area contributed by atoms with E-state index in [0.717, 1.165) is 24.3 Å². The van der Waals surface area contributed by atoms with E-state index in [4.69, 9.17) is 4.74 Å². The van der Waals surface area contributed by atoms with Crippen molar-refractivity contribution in [1.29, 1.82) is 0 Å². The molecule has 0 aliphatic rings. The van der Waals surface area contributed by atoms with Crippen LogP contribution in [0.4, 0.5) is 0 Å². The van der Waals surface area contributed by atoms with E-state index in [0.29, 0.717) is 0 Å². The first kappa shape index (κ1) is 15.0. The summed E-state index contributed by atoms with van der Waals surface area (Å²) in [5.74, 6) is 0.794. The van der Waals surface area contributed by atoms with Gasteiger partial charge in [0.25, 0.3) is 0 Å². The van der Waals surface area contributed by atoms with Crippen LogP contribution in [-0.4, -0.2) is 34.1 Å². The van der Waals surface area contributed by atoms with Crippen LogP contribution < -0.4 is 10.1 Å². The average molecular weight is 271 g/mol. The van der Waals surface area contributed by atoms with Crippen LogP contribution in [0.5, 0.6) is 5.75 Å². The Bertz CT molecular complexity index is 471. The Morgan fingerprint density at radius 3 is 2.56 bits per heavy atom. The van der Waals surface area contributed by atoms with Crippen molar-refractivity contribution in [3.8, 4) is 5.75 Å². The van der Waals surface area contributed by atoms with Gasteiger partial charge in [0.2, 0.25) is 0 Å². The smallest absolute Gasteiger partial charge is 0.149 e. The fraction of sp³-hybridized carbons (Fsp3) is 0.538. The third kappa shape index (κ3) is 4.66. The Morgan fingerprint density at radius 1 is 1.33 bits per heavy atom. The molecule has 5 heteroatoms. The Morgan fingerprint density at radius 2 is 2.00 bits per heavy atom. The maximum atomic E-state index is 11.5. The summed E-state index contributed by atoms with van der Waals surface area (Å²) in [6.07, 6.45) is 2.21. The Kier molecular flexibility index (Phi) is 5.62. The molecule has 0 aromatic heterocycles. The van der Waals surface area contributed by atoms with Crippen molar-refractivity contribution in [2.45, 2.75) is 19.4 Å².